The number of benzene rings is 1. The van der Waals surface area contributed by atoms with Crippen LogP contribution in [0, 0.1) is 0 Å². The second kappa shape index (κ2) is 7.53. The second-order valence-corrected chi connectivity index (χ2v) is 6.14. The van der Waals surface area contributed by atoms with Gasteiger partial charge in [0.15, 0.2) is 0 Å². The molecule has 7 heteroatoms. The van der Waals surface area contributed by atoms with Crippen LogP contribution in [0.3, 0.4) is 0 Å². The van der Waals surface area contributed by atoms with Crippen LogP contribution in [-0.4, -0.2) is 35.4 Å². The quantitative estimate of drug-likeness (QED) is 0.855. The molecule has 130 valence electrons. The lowest BCUT2D eigenvalue weighted by Crippen LogP contribution is -2.39. The van der Waals surface area contributed by atoms with Crippen molar-refractivity contribution in [2.75, 3.05) is 19.0 Å². The molecule has 1 saturated heterocycles. The van der Waals surface area contributed by atoms with Gasteiger partial charge < -0.3 is 15.0 Å². The summed E-state index contributed by atoms with van der Waals surface area (Å²) in [7, 11) is 1.53. The van der Waals surface area contributed by atoms with E-state index in [0.29, 0.717) is 23.0 Å². The van der Waals surface area contributed by atoms with Gasteiger partial charge in [0.2, 0.25) is 0 Å². The molecule has 1 aromatic heterocycles. The number of anilines is 1. The number of ether oxygens (including phenoxy) is 1. The van der Waals surface area contributed by atoms with Crippen LogP contribution in [0.4, 0.5) is 5.69 Å². The van der Waals surface area contributed by atoms with E-state index in [2.05, 4.69) is 10.3 Å². The zero-order valence-corrected chi connectivity index (χ0v) is 14.5. The van der Waals surface area contributed by atoms with Crippen molar-refractivity contribution in [2.24, 2.45) is 0 Å². The molecule has 0 spiro atoms. The Kier molecular flexibility index (Phi) is 5.19. The first-order valence-corrected chi connectivity index (χ1v) is 8.33. The maximum absolute atomic E-state index is 12.6. The second-order valence-electron chi connectivity index (χ2n) is 5.74. The largest absolute Gasteiger partial charge is 0.497 e. The molecule has 0 bridgehead atoms. The molecule has 0 unspecified atom stereocenters. The first-order chi connectivity index (χ1) is 12.1. The maximum atomic E-state index is 12.6. The summed E-state index contributed by atoms with van der Waals surface area (Å²) in [5, 5.41) is 2.89. The number of nitrogens with one attached hydrogen (secondary N) is 1. The molecule has 0 radical (unpaired) electrons. The van der Waals surface area contributed by atoms with Crippen LogP contribution in [0.25, 0.3) is 0 Å². The van der Waals surface area contributed by atoms with Crippen LogP contribution < -0.4 is 10.1 Å². The Balaban J connectivity index is 1.73. The molecule has 1 fully saturated rings. The Morgan fingerprint density at radius 1 is 1.28 bits per heavy atom. The predicted molar refractivity (Wildman–Crippen MR) is 94.6 cm³/mol. The molecule has 1 aromatic carbocycles. The van der Waals surface area contributed by atoms with E-state index >= 15 is 0 Å². The minimum atomic E-state index is -0.701. The van der Waals surface area contributed by atoms with Gasteiger partial charge in [-0.3, -0.25) is 14.6 Å². The number of halogens is 1. The summed E-state index contributed by atoms with van der Waals surface area (Å²) in [6.45, 7) is 0.551. The van der Waals surface area contributed by atoms with Crippen LogP contribution in [0.2, 0.25) is 5.02 Å². The Bertz CT molecular complexity index is 782. The van der Waals surface area contributed by atoms with Gasteiger partial charge in [0.25, 0.3) is 0 Å². The number of pyridine rings is 1. The van der Waals surface area contributed by atoms with Gasteiger partial charge in [-0.05, 0) is 42.7 Å². The predicted octanol–water partition coefficient (Wildman–Crippen LogP) is 3.05. The molecular weight excluding hydrogens is 342 g/mol. The highest BCUT2D eigenvalue weighted by Crippen LogP contribution is 2.32. The van der Waals surface area contributed by atoms with E-state index in [1.807, 2.05) is 12.1 Å². The lowest BCUT2D eigenvalue weighted by atomic mass is 10.1. The molecule has 1 aliphatic rings. The number of amides is 2. The molecule has 1 N–H and O–H groups in total. The van der Waals surface area contributed by atoms with Crippen molar-refractivity contribution in [3.05, 3.63) is 53.3 Å². The van der Waals surface area contributed by atoms with E-state index in [-0.39, 0.29) is 6.04 Å². The maximum Gasteiger partial charge on any atom is 0.313 e. The van der Waals surface area contributed by atoms with Gasteiger partial charge in [0.1, 0.15) is 5.75 Å². The molecule has 2 heterocycles. The monoisotopic (exact) mass is 359 g/mol. The van der Waals surface area contributed by atoms with Gasteiger partial charge >= 0.3 is 11.8 Å². The molecule has 1 atom stereocenters. The van der Waals surface area contributed by atoms with Crippen molar-refractivity contribution in [2.45, 2.75) is 18.9 Å². The fourth-order valence-corrected chi connectivity index (χ4v) is 3.19. The summed E-state index contributed by atoms with van der Waals surface area (Å²) < 4.78 is 5.07. The average molecular weight is 360 g/mol. The van der Waals surface area contributed by atoms with E-state index in [1.54, 1.807) is 35.5 Å². The summed E-state index contributed by atoms with van der Waals surface area (Å²) in [5.74, 6) is -0.689. The number of aromatic nitrogens is 1. The van der Waals surface area contributed by atoms with Crippen molar-refractivity contribution < 1.29 is 14.3 Å². The summed E-state index contributed by atoms with van der Waals surface area (Å²) in [6.07, 6.45) is 5.06. The smallest absolute Gasteiger partial charge is 0.313 e. The number of hydrogen-bond donors (Lipinski definition) is 1. The molecule has 1 aliphatic heterocycles. The number of rotatable bonds is 3. The molecular formula is C18H18ClN3O3. The van der Waals surface area contributed by atoms with Gasteiger partial charge in [0, 0.05) is 25.0 Å². The van der Waals surface area contributed by atoms with Crippen LogP contribution >= 0.6 is 11.6 Å². The number of likely N-dealkylation sites (tertiary alicyclic amines) is 1. The molecule has 2 aromatic rings. The minimum Gasteiger partial charge on any atom is -0.497 e. The van der Waals surface area contributed by atoms with E-state index in [4.69, 9.17) is 16.3 Å². The summed E-state index contributed by atoms with van der Waals surface area (Å²) in [5.41, 5.74) is 1.36. The topological polar surface area (TPSA) is 71.5 Å². The van der Waals surface area contributed by atoms with Crippen molar-refractivity contribution in [1.29, 1.82) is 0 Å². The normalized spacial score (nSPS) is 16.6. The van der Waals surface area contributed by atoms with Gasteiger partial charge in [-0.25, -0.2) is 0 Å². The fourth-order valence-electron chi connectivity index (χ4n) is 2.97. The number of carbonyl (C=O) groups is 2. The first kappa shape index (κ1) is 17.2. The number of carbonyl (C=O) groups excluding carboxylic acids is 2. The third-order valence-corrected chi connectivity index (χ3v) is 4.54. The first-order valence-electron chi connectivity index (χ1n) is 7.95. The standard InChI is InChI=1S/C18H18ClN3O3/c1-25-13-4-5-15(14(19)11-13)21-17(23)18(24)22-10-2-3-16(22)12-6-8-20-9-7-12/h4-9,11,16H,2-3,10H2,1H3,(H,21,23)/t16-/m1/s1. The third-order valence-electron chi connectivity index (χ3n) is 4.22. The van der Waals surface area contributed by atoms with Gasteiger partial charge in [-0.15, -0.1) is 0 Å². The van der Waals surface area contributed by atoms with Crippen LogP contribution in [0.15, 0.2) is 42.7 Å². The van der Waals surface area contributed by atoms with Crippen molar-refractivity contribution in [3.8, 4) is 5.75 Å². The Morgan fingerprint density at radius 2 is 2.04 bits per heavy atom. The van der Waals surface area contributed by atoms with Crippen LogP contribution in [-0.2, 0) is 9.59 Å². The van der Waals surface area contributed by atoms with Crippen LogP contribution in [0.5, 0.6) is 5.75 Å². The lowest BCUT2D eigenvalue weighted by Gasteiger charge is -2.24. The van der Waals surface area contributed by atoms with E-state index < -0.39 is 11.8 Å². The summed E-state index contributed by atoms with van der Waals surface area (Å²) >= 11 is 6.11. The molecule has 3 rings (SSSR count). The highest BCUT2D eigenvalue weighted by atomic mass is 35.5. The Labute approximate surface area is 150 Å². The number of nitrogens with zero attached hydrogens (tertiary/aromatic N) is 2. The molecule has 2 amide bonds. The Morgan fingerprint density at radius 3 is 2.72 bits per heavy atom. The summed E-state index contributed by atoms with van der Waals surface area (Å²) in [4.78, 5) is 30.6. The average Bonchev–Trinajstić information content (AvgIpc) is 3.13. The Hall–Kier alpha value is -2.60. The number of hydrogen-bond acceptors (Lipinski definition) is 4. The van der Waals surface area contributed by atoms with Gasteiger partial charge in [0.05, 0.1) is 23.9 Å². The van der Waals surface area contributed by atoms with E-state index in [0.717, 1.165) is 18.4 Å². The van der Waals surface area contributed by atoms with Crippen molar-refractivity contribution >= 4 is 29.1 Å². The highest BCUT2D eigenvalue weighted by molar-refractivity contribution is 6.41. The van der Waals surface area contributed by atoms with Crippen molar-refractivity contribution in [1.82, 2.24) is 9.88 Å². The van der Waals surface area contributed by atoms with E-state index in [1.165, 1.54) is 7.11 Å². The summed E-state index contributed by atoms with van der Waals surface area (Å²) in [6, 6.07) is 8.49. The van der Waals surface area contributed by atoms with Gasteiger partial charge in [-0.2, -0.15) is 0 Å². The minimum absolute atomic E-state index is 0.104. The lowest BCUT2D eigenvalue weighted by molar-refractivity contribution is -0.143. The molecule has 6 nitrogen and oxygen atoms in total. The van der Waals surface area contributed by atoms with E-state index in [9.17, 15) is 9.59 Å². The SMILES string of the molecule is COc1ccc(NC(=O)C(=O)N2CCC[C@@H]2c2ccncc2)c(Cl)c1. The third kappa shape index (κ3) is 3.74. The highest BCUT2D eigenvalue weighted by Gasteiger charge is 2.33. The number of methoxy groups -OCH3 is 1. The zero-order chi connectivity index (χ0) is 17.8. The fraction of sp³-hybridized carbons (Fsp3) is 0.278. The van der Waals surface area contributed by atoms with Crippen molar-refractivity contribution in [3.63, 3.8) is 0 Å². The molecule has 0 saturated carbocycles. The molecule has 0 aliphatic carbocycles. The zero-order valence-electron chi connectivity index (χ0n) is 13.7. The van der Waals surface area contributed by atoms with Gasteiger partial charge in [-0.1, -0.05) is 11.6 Å². The van der Waals surface area contributed by atoms with Crippen LogP contribution in [0.1, 0.15) is 24.4 Å². The molecule has 25 heavy (non-hydrogen) atoms.